The zero-order chi connectivity index (χ0) is 19.6. The van der Waals surface area contributed by atoms with Crippen molar-refractivity contribution in [2.45, 2.75) is 4.90 Å². The van der Waals surface area contributed by atoms with Crippen LogP contribution in [0, 0.1) is 0 Å². The molecular weight excluding hydrogens is 429 g/mol. The van der Waals surface area contributed by atoms with Gasteiger partial charge < -0.3 is 4.74 Å². The predicted octanol–water partition coefficient (Wildman–Crippen LogP) is 5.17. The zero-order valence-corrected chi connectivity index (χ0v) is 17.3. The number of nitrogens with zero attached hydrogens (tertiary/aromatic N) is 1. The number of ether oxygens (including phenoxy) is 1. The van der Waals surface area contributed by atoms with E-state index in [1.807, 2.05) is 0 Å². The van der Waals surface area contributed by atoms with E-state index in [2.05, 4.69) is 0 Å². The van der Waals surface area contributed by atoms with Crippen LogP contribution in [0.3, 0.4) is 0 Å². The van der Waals surface area contributed by atoms with Crippen molar-refractivity contribution in [2.24, 2.45) is 0 Å². The number of thioether (sulfide) groups is 1. The van der Waals surface area contributed by atoms with E-state index in [1.54, 1.807) is 42.5 Å². The van der Waals surface area contributed by atoms with Gasteiger partial charge in [-0.05, 0) is 36.4 Å². The Hall–Kier alpha value is -1.50. The number of imide groups is 1. The van der Waals surface area contributed by atoms with Crippen LogP contribution in [-0.4, -0.2) is 37.0 Å². The molecule has 8 heteroatoms. The Morgan fingerprint density at radius 3 is 2.26 bits per heavy atom. The van der Waals surface area contributed by atoms with Crippen molar-refractivity contribution in [1.29, 1.82) is 0 Å². The van der Waals surface area contributed by atoms with Crippen molar-refractivity contribution >= 4 is 64.0 Å². The summed E-state index contributed by atoms with van der Waals surface area (Å²) in [5.41, 5.74) is 0.730. The number of methoxy groups -OCH3 is 1. The molecule has 140 valence electrons. The maximum Gasteiger partial charge on any atom is 0.268 e. The summed E-state index contributed by atoms with van der Waals surface area (Å²) in [5, 5.41) is 1.34. The van der Waals surface area contributed by atoms with Crippen molar-refractivity contribution in [3.05, 3.63) is 68.0 Å². The van der Waals surface area contributed by atoms with Gasteiger partial charge in [0, 0.05) is 27.6 Å². The minimum absolute atomic E-state index is 0.160. The fourth-order valence-corrected chi connectivity index (χ4v) is 4.22. The molecule has 0 saturated heterocycles. The topological polar surface area (TPSA) is 46.6 Å². The Bertz CT molecular complexity index is 928. The molecule has 0 bridgehead atoms. The summed E-state index contributed by atoms with van der Waals surface area (Å²) in [6, 6.07) is 11.9. The molecule has 0 spiro atoms. The molecule has 1 heterocycles. The van der Waals surface area contributed by atoms with Gasteiger partial charge in [0.15, 0.2) is 0 Å². The van der Waals surface area contributed by atoms with Crippen molar-refractivity contribution in [3.63, 3.8) is 0 Å². The quantitative estimate of drug-likeness (QED) is 0.579. The molecule has 0 N–H and O–H groups in total. The summed E-state index contributed by atoms with van der Waals surface area (Å²) in [7, 11) is 1.51. The first-order chi connectivity index (χ1) is 12.9. The maximum absolute atomic E-state index is 13.0. The second-order valence-corrected chi connectivity index (χ2v) is 8.00. The average molecular weight is 443 g/mol. The maximum atomic E-state index is 13.0. The molecule has 0 saturated carbocycles. The highest BCUT2D eigenvalue weighted by Crippen LogP contribution is 2.42. The van der Waals surface area contributed by atoms with Crippen LogP contribution in [0.15, 0.2) is 52.3 Å². The molecule has 0 unspecified atom stereocenters. The Morgan fingerprint density at radius 2 is 1.63 bits per heavy atom. The number of benzene rings is 2. The number of carbonyl (C=O) groups excluding carboxylic acids is 2. The van der Waals surface area contributed by atoms with Crippen LogP contribution in [0.25, 0.3) is 5.57 Å². The molecule has 27 heavy (non-hydrogen) atoms. The van der Waals surface area contributed by atoms with Gasteiger partial charge in [-0.15, -0.1) is 0 Å². The fraction of sp³-hybridized carbons (Fsp3) is 0.158. The number of halogens is 3. The molecular formula is C19H14Cl3NO3S. The van der Waals surface area contributed by atoms with E-state index in [1.165, 1.54) is 23.8 Å². The first-order valence-electron chi connectivity index (χ1n) is 7.90. The van der Waals surface area contributed by atoms with Gasteiger partial charge in [0.25, 0.3) is 11.8 Å². The van der Waals surface area contributed by atoms with Crippen molar-refractivity contribution in [2.75, 3.05) is 20.3 Å². The first kappa shape index (κ1) is 20.2. The van der Waals surface area contributed by atoms with Gasteiger partial charge in [-0.1, -0.05) is 52.6 Å². The van der Waals surface area contributed by atoms with Crippen molar-refractivity contribution in [3.8, 4) is 0 Å². The molecule has 2 amide bonds. The van der Waals surface area contributed by atoms with Gasteiger partial charge >= 0.3 is 0 Å². The highest BCUT2D eigenvalue weighted by Gasteiger charge is 2.39. The van der Waals surface area contributed by atoms with Crippen molar-refractivity contribution in [1.82, 2.24) is 4.90 Å². The largest absolute Gasteiger partial charge is 0.383 e. The smallest absolute Gasteiger partial charge is 0.268 e. The number of hydrogen-bond donors (Lipinski definition) is 0. The molecule has 0 aliphatic carbocycles. The molecule has 0 atom stereocenters. The highest BCUT2D eigenvalue weighted by molar-refractivity contribution is 8.04. The van der Waals surface area contributed by atoms with Crippen LogP contribution < -0.4 is 0 Å². The van der Waals surface area contributed by atoms with Crippen LogP contribution in [0.2, 0.25) is 15.1 Å². The lowest BCUT2D eigenvalue weighted by Gasteiger charge is -2.14. The summed E-state index contributed by atoms with van der Waals surface area (Å²) >= 11 is 19.4. The molecule has 3 rings (SSSR count). The molecule has 1 aliphatic heterocycles. The van der Waals surface area contributed by atoms with Gasteiger partial charge in [0.2, 0.25) is 0 Å². The van der Waals surface area contributed by atoms with E-state index in [4.69, 9.17) is 39.5 Å². The van der Waals surface area contributed by atoms with Gasteiger partial charge in [0.1, 0.15) is 0 Å². The molecule has 2 aromatic carbocycles. The summed E-state index contributed by atoms with van der Waals surface area (Å²) in [5.74, 6) is -0.782. The second kappa shape index (κ2) is 8.67. The van der Waals surface area contributed by atoms with E-state index >= 15 is 0 Å². The van der Waals surface area contributed by atoms with Crippen LogP contribution >= 0.6 is 46.6 Å². The molecule has 2 aromatic rings. The van der Waals surface area contributed by atoms with E-state index in [0.717, 1.165) is 4.90 Å². The van der Waals surface area contributed by atoms with Gasteiger partial charge in [-0.3, -0.25) is 14.5 Å². The summed E-state index contributed by atoms with van der Waals surface area (Å²) in [6.45, 7) is 0.408. The van der Waals surface area contributed by atoms with E-state index in [0.29, 0.717) is 25.5 Å². The van der Waals surface area contributed by atoms with Gasteiger partial charge in [-0.25, -0.2) is 0 Å². The normalized spacial score (nSPS) is 14.4. The molecule has 0 radical (unpaired) electrons. The summed E-state index contributed by atoms with van der Waals surface area (Å²) in [4.78, 5) is 28.2. The van der Waals surface area contributed by atoms with Gasteiger partial charge in [0.05, 0.1) is 28.7 Å². The SMILES string of the molecule is COCCN1C(=O)C(Sc2ccc(Cl)cc2)=C(c2ccc(Cl)cc2Cl)C1=O. The number of carbonyl (C=O) groups is 2. The number of amides is 2. The third-order valence-corrected chi connectivity index (χ3v) is 5.77. The standard InChI is InChI=1S/C19H14Cl3NO3S/c1-26-9-8-23-18(24)16(14-7-4-12(21)10-15(14)22)17(19(23)25)27-13-5-2-11(20)3-6-13/h2-7,10H,8-9H2,1H3. The third kappa shape index (κ3) is 4.33. The monoisotopic (exact) mass is 441 g/mol. The Morgan fingerprint density at radius 1 is 0.963 bits per heavy atom. The van der Waals surface area contributed by atoms with Crippen LogP contribution in [0.4, 0.5) is 0 Å². The van der Waals surface area contributed by atoms with E-state index in [9.17, 15) is 9.59 Å². The van der Waals surface area contributed by atoms with Crippen LogP contribution in [0.5, 0.6) is 0 Å². The number of hydrogen-bond acceptors (Lipinski definition) is 4. The first-order valence-corrected chi connectivity index (χ1v) is 9.85. The third-order valence-electron chi connectivity index (χ3n) is 3.88. The predicted molar refractivity (Wildman–Crippen MR) is 109 cm³/mol. The average Bonchev–Trinajstić information content (AvgIpc) is 2.86. The lowest BCUT2D eigenvalue weighted by Crippen LogP contribution is -2.34. The fourth-order valence-electron chi connectivity index (χ4n) is 2.58. The summed E-state index contributed by atoms with van der Waals surface area (Å²) < 4.78 is 5.02. The Labute approximate surface area is 176 Å². The number of rotatable bonds is 6. The molecule has 4 nitrogen and oxygen atoms in total. The van der Waals surface area contributed by atoms with E-state index in [-0.39, 0.29) is 24.6 Å². The minimum atomic E-state index is -0.405. The molecule has 0 aromatic heterocycles. The zero-order valence-electron chi connectivity index (χ0n) is 14.2. The lowest BCUT2D eigenvalue weighted by molar-refractivity contribution is -0.137. The second-order valence-electron chi connectivity index (χ2n) is 5.64. The Balaban J connectivity index is 2.07. The van der Waals surface area contributed by atoms with E-state index < -0.39 is 5.91 Å². The van der Waals surface area contributed by atoms with Crippen molar-refractivity contribution < 1.29 is 14.3 Å². The lowest BCUT2D eigenvalue weighted by atomic mass is 10.1. The van der Waals surface area contributed by atoms with Crippen LogP contribution in [0.1, 0.15) is 5.56 Å². The van der Waals surface area contributed by atoms with Crippen LogP contribution in [-0.2, 0) is 14.3 Å². The Kier molecular flexibility index (Phi) is 6.50. The minimum Gasteiger partial charge on any atom is -0.383 e. The summed E-state index contributed by atoms with van der Waals surface area (Å²) in [6.07, 6.45) is 0. The molecule has 1 aliphatic rings. The van der Waals surface area contributed by atoms with Gasteiger partial charge in [-0.2, -0.15) is 0 Å². The molecule has 0 fully saturated rings. The highest BCUT2D eigenvalue weighted by atomic mass is 35.5.